The fraction of sp³-hybridized carbons (Fsp3) is 0.923. The third-order valence-corrected chi connectivity index (χ3v) is 3.72. The van der Waals surface area contributed by atoms with Gasteiger partial charge in [0, 0.05) is 13.0 Å². The molecule has 0 radical (unpaired) electrons. The Morgan fingerprint density at radius 3 is 2.47 bits per heavy atom. The molecule has 0 aromatic heterocycles. The van der Waals surface area contributed by atoms with Crippen LogP contribution in [0.4, 0.5) is 13.2 Å². The van der Waals surface area contributed by atoms with Crippen LogP contribution in [0.3, 0.4) is 0 Å². The number of carbonyl (C=O) groups is 1. The molecule has 0 bridgehead atoms. The van der Waals surface area contributed by atoms with Gasteiger partial charge in [0.1, 0.15) is 0 Å². The molecular weight excluding hydrogens is 257 g/mol. The van der Waals surface area contributed by atoms with E-state index in [2.05, 4.69) is 5.32 Å². The Morgan fingerprint density at radius 2 is 2.00 bits per heavy atom. The highest BCUT2D eigenvalue weighted by Crippen LogP contribution is 2.27. The van der Waals surface area contributed by atoms with Crippen LogP contribution in [0, 0.1) is 0 Å². The number of alkyl halides is 3. The van der Waals surface area contributed by atoms with Crippen molar-refractivity contribution < 1.29 is 18.0 Å². The molecule has 2 atom stereocenters. The van der Waals surface area contributed by atoms with E-state index in [4.69, 9.17) is 0 Å². The summed E-state index contributed by atoms with van der Waals surface area (Å²) in [7, 11) is 0. The van der Waals surface area contributed by atoms with Crippen LogP contribution in [-0.4, -0.2) is 35.2 Å². The van der Waals surface area contributed by atoms with Crippen molar-refractivity contribution in [2.24, 2.45) is 0 Å². The van der Waals surface area contributed by atoms with Crippen LogP contribution in [-0.2, 0) is 4.79 Å². The first-order valence-electron chi connectivity index (χ1n) is 6.89. The van der Waals surface area contributed by atoms with Gasteiger partial charge in [0.15, 0.2) is 0 Å². The monoisotopic (exact) mass is 280 g/mol. The first-order valence-corrected chi connectivity index (χ1v) is 6.89. The summed E-state index contributed by atoms with van der Waals surface area (Å²) in [4.78, 5) is 13.9. The molecule has 1 rings (SSSR count). The minimum atomic E-state index is -4.15. The standard InChI is InChI=1S/C13H23F3N2O/c1-4-7-10-17-12(3,5-2)11(19)18(10)9-6-8-13(14,15)16/h10,17H,4-9H2,1-3H3. The summed E-state index contributed by atoms with van der Waals surface area (Å²) < 4.78 is 36.5. The van der Waals surface area contributed by atoms with Gasteiger partial charge in [0.05, 0.1) is 11.7 Å². The zero-order valence-electron chi connectivity index (χ0n) is 11.8. The fourth-order valence-electron chi connectivity index (χ4n) is 2.43. The highest BCUT2D eigenvalue weighted by atomic mass is 19.4. The predicted molar refractivity (Wildman–Crippen MR) is 67.5 cm³/mol. The van der Waals surface area contributed by atoms with E-state index in [1.807, 2.05) is 20.8 Å². The zero-order valence-corrected chi connectivity index (χ0v) is 11.8. The summed E-state index contributed by atoms with van der Waals surface area (Å²) >= 11 is 0. The lowest BCUT2D eigenvalue weighted by Crippen LogP contribution is -2.43. The van der Waals surface area contributed by atoms with Gasteiger partial charge in [-0.1, -0.05) is 20.3 Å². The van der Waals surface area contributed by atoms with E-state index in [1.54, 1.807) is 4.90 Å². The number of hydrogen-bond acceptors (Lipinski definition) is 2. The van der Waals surface area contributed by atoms with Crippen molar-refractivity contribution in [3.63, 3.8) is 0 Å². The molecule has 1 amide bonds. The molecule has 0 aromatic carbocycles. The van der Waals surface area contributed by atoms with Crippen molar-refractivity contribution in [2.45, 2.75) is 70.8 Å². The number of nitrogens with one attached hydrogen (secondary N) is 1. The summed E-state index contributed by atoms with van der Waals surface area (Å²) in [5.41, 5.74) is -0.627. The average Bonchev–Trinajstić information content (AvgIpc) is 2.53. The highest BCUT2D eigenvalue weighted by molar-refractivity contribution is 5.88. The second kappa shape index (κ2) is 6.11. The van der Waals surface area contributed by atoms with Crippen LogP contribution in [0.5, 0.6) is 0 Å². The number of nitrogens with zero attached hydrogens (tertiary/aromatic N) is 1. The van der Waals surface area contributed by atoms with Gasteiger partial charge in [-0.15, -0.1) is 0 Å². The Morgan fingerprint density at radius 1 is 1.37 bits per heavy atom. The van der Waals surface area contributed by atoms with E-state index in [1.165, 1.54) is 0 Å². The van der Waals surface area contributed by atoms with Crippen molar-refractivity contribution in [1.29, 1.82) is 0 Å². The van der Waals surface area contributed by atoms with Gasteiger partial charge >= 0.3 is 6.18 Å². The lowest BCUT2D eigenvalue weighted by atomic mass is 9.99. The molecule has 19 heavy (non-hydrogen) atoms. The molecule has 0 saturated carbocycles. The van der Waals surface area contributed by atoms with Crippen molar-refractivity contribution in [2.75, 3.05) is 6.54 Å². The predicted octanol–water partition coefficient (Wildman–Crippen LogP) is 3.06. The molecule has 112 valence electrons. The molecule has 3 nitrogen and oxygen atoms in total. The Kier molecular flexibility index (Phi) is 5.24. The highest BCUT2D eigenvalue weighted by Gasteiger charge is 2.46. The molecule has 1 fully saturated rings. The van der Waals surface area contributed by atoms with E-state index in [0.29, 0.717) is 6.42 Å². The summed E-state index contributed by atoms with van der Waals surface area (Å²) in [5, 5.41) is 3.26. The molecule has 0 spiro atoms. The minimum Gasteiger partial charge on any atom is -0.326 e. The second-order valence-electron chi connectivity index (χ2n) is 5.35. The van der Waals surface area contributed by atoms with Crippen LogP contribution in [0.1, 0.15) is 52.9 Å². The molecule has 1 aliphatic heterocycles. The Balaban J connectivity index is 2.64. The fourth-order valence-corrected chi connectivity index (χ4v) is 2.43. The summed E-state index contributed by atoms with van der Waals surface area (Å²) in [6.45, 7) is 5.90. The summed E-state index contributed by atoms with van der Waals surface area (Å²) in [5.74, 6) is -0.0735. The third-order valence-electron chi connectivity index (χ3n) is 3.72. The van der Waals surface area contributed by atoms with E-state index >= 15 is 0 Å². The van der Waals surface area contributed by atoms with E-state index in [0.717, 1.165) is 12.8 Å². The van der Waals surface area contributed by atoms with E-state index in [9.17, 15) is 18.0 Å². The molecule has 1 heterocycles. The SMILES string of the molecule is CCCC1NC(C)(CC)C(=O)N1CCCC(F)(F)F. The third kappa shape index (κ3) is 4.09. The molecule has 1 saturated heterocycles. The largest absolute Gasteiger partial charge is 0.389 e. The van der Waals surface area contributed by atoms with Crippen molar-refractivity contribution in [1.82, 2.24) is 10.2 Å². The van der Waals surface area contributed by atoms with Gasteiger partial charge in [-0.05, 0) is 26.2 Å². The molecule has 0 aliphatic carbocycles. The maximum absolute atomic E-state index is 12.3. The average molecular weight is 280 g/mol. The molecular formula is C13H23F3N2O. The maximum atomic E-state index is 12.3. The first-order chi connectivity index (χ1) is 8.73. The van der Waals surface area contributed by atoms with Crippen molar-refractivity contribution in [3.8, 4) is 0 Å². The van der Waals surface area contributed by atoms with Crippen molar-refractivity contribution >= 4 is 5.91 Å². The van der Waals surface area contributed by atoms with Crippen LogP contribution in [0.15, 0.2) is 0 Å². The van der Waals surface area contributed by atoms with Crippen LogP contribution in [0.25, 0.3) is 0 Å². The molecule has 1 N–H and O–H groups in total. The minimum absolute atomic E-state index is 0.0308. The maximum Gasteiger partial charge on any atom is 0.389 e. The van der Waals surface area contributed by atoms with Gasteiger partial charge in [0.25, 0.3) is 0 Å². The van der Waals surface area contributed by atoms with Gasteiger partial charge in [-0.25, -0.2) is 0 Å². The molecule has 1 aliphatic rings. The van der Waals surface area contributed by atoms with E-state index < -0.39 is 18.1 Å². The number of rotatable bonds is 6. The Bertz CT molecular complexity index is 320. The van der Waals surface area contributed by atoms with Gasteiger partial charge in [-0.3, -0.25) is 10.1 Å². The first kappa shape index (κ1) is 16.3. The normalized spacial score (nSPS) is 28.2. The molecule has 2 unspecified atom stereocenters. The number of amides is 1. The number of carbonyl (C=O) groups excluding carboxylic acids is 1. The van der Waals surface area contributed by atoms with Crippen LogP contribution < -0.4 is 5.32 Å². The van der Waals surface area contributed by atoms with Gasteiger partial charge in [0.2, 0.25) is 5.91 Å². The van der Waals surface area contributed by atoms with Gasteiger partial charge in [-0.2, -0.15) is 13.2 Å². The lowest BCUT2D eigenvalue weighted by molar-refractivity contribution is -0.141. The zero-order chi connectivity index (χ0) is 14.7. The van der Waals surface area contributed by atoms with Crippen molar-refractivity contribution in [3.05, 3.63) is 0 Å². The number of hydrogen-bond donors (Lipinski definition) is 1. The van der Waals surface area contributed by atoms with Gasteiger partial charge < -0.3 is 4.90 Å². The summed E-state index contributed by atoms with van der Waals surface area (Å²) in [6, 6.07) is 0. The van der Waals surface area contributed by atoms with Crippen LogP contribution in [0.2, 0.25) is 0 Å². The molecule has 6 heteroatoms. The second-order valence-corrected chi connectivity index (χ2v) is 5.35. The van der Waals surface area contributed by atoms with Crippen LogP contribution >= 0.6 is 0 Å². The Labute approximate surface area is 112 Å². The smallest absolute Gasteiger partial charge is 0.326 e. The van der Waals surface area contributed by atoms with E-state index in [-0.39, 0.29) is 25.0 Å². The number of halogens is 3. The quantitative estimate of drug-likeness (QED) is 0.811. The summed E-state index contributed by atoms with van der Waals surface area (Å²) in [6.07, 6.45) is -2.84. The molecule has 0 aromatic rings. The Hall–Kier alpha value is -0.780. The topological polar surface area (TPSA) is 32.3 Å². The lowest BCUT2D eigenvalue weighted by Gasteiger charge is -2.24.